The van der Waals surface area contributed by atoms with Crippen LogP contribution in [0.15, 0.2) is 6.20 Å². The highest BCUT2D eigenvalue weighted by Crippen LogP contribution is 2.25. The first-order valence-electron chi connectivity index (χ1n) is 6.14. The van der Waals surface area contributed by atoms with Crippen LogP contribution >= 0.6 is 23.7 Å². The fraction of sp³-hybridized carbons (Fsp3) is 0.667. The highest BCUT2D eigenvalue weighted by molar-refractivity contribution is 7.15. The summed E-state index contributed by atoms with van der Waals surface area (Å²) in [6.45, 7) is 5.29. The van der Waals surface area contributed by atoms with Crippen LogP contribution in [0.4, 0.5) is 5.13 Å². The monoisotopic (exact) mass is 289 g/mol. The first kappa shape index (κ1) is 15.4. The minimum absolute atomic E-state index is 0. The third-order valence-electron chi connectivity index (χ3n) is 2.93. The Kier molecular flexibility index (Phi) is 6.05. The van der Waals surface area contributed by atoms with Gasteiger partial charge in [-0.15, -0.1) is 23.7 Å². The van der Waals surface area contributed by atoms with Crippen molar-refractivity contribution in [3.8, 4) is 0 Å². The molecule has 2 N–H and O–H groups in total. The number of nitrogens with one attached hydrogen (secondary N) is 2. The number of carbonyl (C=O) groups excluding carboxylic acids is 1. The summed E-state index contributed by atoms with van der Waals surface area (Å²) < 4.78 is 0. The molecule has 2 heterocycles. The summed E-state index contributed by atoms with van der Waals surface area (Å²) in [7, 11) is 0. The van der Waals surface area contributed by atoms with E-state index in [-0.39, 0.29) is 18.3 Å². The van der Waals surface area contributed by atoms with Gasteiger partial charge in [0, 0.05) is 23.5 Å². The second-order valence-electron chi connectivity index (χ2n) is 4.77. The Labute approximate surface area is 118 Å². The average Bonchev–Trinajstić information content (AvgIpc) is 2.88. The lowest BCUT2D eigenvalue weighted by molar-refractivity contribution is -0.116. The van der Waals surface area contributed by atoms with Gasteiger partial charge in [-0.05, 0) is 25.3 Å². The van der Waals surface area contributed by atoms with Gasteiger partial charge in [0.1, 0.15) is 0 Å². The van der Waals surface area contributed by atoms with Crippen molar-refractivity contribution in [2.75, 3.05) is 11.9 Å². The van der Waals surface area contributed by atoms with E-state index in [0.29, 0.717) is 18.4 Å². The van der Waals surface area contributed by atoms with Gasteiger partial charge in [-0.25, -0.2) is 4.98 Å². The van der Waals surface area contributed by atoms with E-state index in [4.69, 9.17) is 0 Å². The third kappa shape index (κ3) is 4.23. The minimum Gasteiger partial charge on any atom is -0.313 e. The maximum Gasteiger partial charge on any atom is 0.227 e. The quantitative estimate of drug-likeness (QED) is 0.896. The highest BCUT2D eigenvalue weighted by atomic mass is 35.5. The number of halogens is 1. The van der Waals surface area contributed by atoms with E-state index in [9.17, 15) is 4.79 Å². The zero-order valence-electron chi connectivity index (χ0n) is 10.7. The van der Waals surface area contributed by atoms with Crippen LogP contribution in [0.1, 0.15) is 43.9 Å². The van der Waals surface area contributed by atoms with Crippen molar-refractivity contribution in [2.24, 2.45) is 0 Å². The molecule has 1 saturated heterocycles. The second kappa shape index (κ2) is 7.07. The van der Waals surface area contributed by atoms with Crippen molar-refractivity contribution in [3.05, 3.63) is 11.1 Å². The maximum atomic E-state index is 11.8. The van der Waals surface area contributed by atoms with Crippen LogP contribution in [0.5, 0.6) is 0 Å². The van der Waals surface area contributed by atoms with Gasteiger partial charge in [0.05, 0.1) is 0 Å². The Morgan fingerprint density at radius 3 is 3.00 bits per heavy atom. The molecule has 1 fully saturated rings. The summed E-state index contributed by atoms with van der Waals surface area (Å²) in [6, 6.07) is 0.347. The molecule has 0 bridgehead atoms. The molecule has 1 unspecified atom stereocenters. The first-order valence-corrected chi connectivity index (χ1v) is 6.96. The molecular formula is C12H20ClN3OS. The number of amides is 1. The van der Waals surface area contributed by atoms with E-state index in [1.807, 2.05) is 6.20 Å². The number of rotatable bonds is 4. The minimum atomic E-state index is 0. The van der Waals surface area contributed by atoms with Crippen molar-refractivity contribution in [2.45, 2.75) is 45.1 Å². The molecule has 0 aliphatic carbocycles. The summed E-state index contributed by atoms with van der Waals surface area (Å²) in [6.07, 6.45) is 4.67. The van der Waals surface area contributed by atoms with Crippen LogP contribution < -0.4 is 10.6 Å². The summed E-state index contributed by atoms with van der Waals surface area (Å²) in [5.74, 6) is 0.531. The largest absolute Gasteiger partial charge is 0.313 e. The number of hydrogen-bond donors (Lipinski definition) is 2. The van der Waals surface area contributed by atoms with E-state index in [0.717, 1.165) is 18.1 Å². The Balaban J connectivity index is 0.00000162. The summed E-state index contributed by atoms with van der Waals surface area (Å²) >= 11 is 1.56. The molecule has 0 spiro atoms. The van der Waals surface area contributed by atoms with Gasteiger partial charge in [-0.2, -0.15) is 0 Å². The maximum absolute atomic E-state index is 11.8. The zero-order valence-corrected chi connectivity index (χ0v) is 12.4. The number of aromatic nitrogens is 1. The molecule has 102 valence electrons. The van der Waals surface area contributed by atoms with Gasteiger partial charge >= 0.3 is 0 Å². The zero-order chi connectivity index (χ0) is 12.3. The van der Waals surface area contributed by atoms with Crippen molar-refractivity contribution >= 4 is 34.8 Å². The first-order chi connectivity index (χ1) is 8.15. The van der Waals surface area contributed by atoms with Crippen LogP contribution in [-0.4, -0.2) is 23.5 Å². The third-order valence-corrected chi connectivity index (χ3v) is 4.15. The van der Waals surface area contributed by atoms with Crippen LogP contribution in [0.2, 0.25) is 0 Å². The Morgan fingerprint density at radius 1 is 1.67 bits per heavy atom. The lowest BCUT2D eigenvalue weighted by Crippen LogP contribution is -2.27. The fourth-order valence-electron chi connectivity index (χ4n) is 1.94. The molecule has 1 amide bonds. The summed E-state index contributed by atoms with van der Waals surface area (Å²) in [4.78, 5) is 17.2. The Morgan fingerprint density at radius 2 is 2.44 bits per heavy atom. The molecular weight excluding hydrogens is 270 g/mol. The molecule has 1 aromatic rings. The van der Waals surface area contributed by atoms with Crippen LogP contribution in [0.3, 0.4) is 0 Å². The second-order valence-corrected chi connectivity index (χ2v) is 5.83. The average molecular weight is 290 g/mol. The van der Waals surface area contributed by atoms with Crippen LogP contribution in [0, 0.1) is 0 Å². The normalized spacial score (nSPS) is 18.7. The van der Waals surface area contributed by atoms with Gasteiger partial charge in [-0.1, -0.05) is 13.8 Å². The molecule has 6 heteroatoms. The molecule has 0 aromatic carbocycles. The van der Waals surface area contributed by atoms with Crippen LogP contribution in [0.25, 0.3) is 0 Å². The Bertz CT molecular complexity index is 388. The molecule has 1 aliphatic heterocycles. The van der Waals surface area contributed by atoms with E-state index >= 15 is 0 Å². The number of hydrogen-bond acceptors (Lipinski definition) is 4. The molecule has 18 heavy (non-hydrogen) atoms. The van der Waals surface area contributed by atoms with E-state index in [1.54, 1.807) is 11.3 Å². The van der Waals surface area contributed by atoms with E-state index in [1.165, 1.54) is 11.3 Å². The number of thiazole rings is 1. The van der Waals surface area contributed by atoms with Crippen molar-refractivity contribution < 1.29 is 4.79 Å². The lowest BCUT2D eigenvalue weighted by atomic mass is 10.1. The van der Waals surface area contributed by atoms with E-state index in [2.05, 4.69) is 29.5 Å². The number of nitrogens with zero attached hydrogens (tertiary/aromatic N) is 1. The standard InChI is InChI=1S/C12H19N3OS.ClH/c1-8(2)10-7-14-12(17-10)15-11(16)6-9-4-3-5-13-9;/h7-9,13H,3-6H2,1-2H3,(H,14,15,16);1H. The van der Waals surface area contributed by atoms with Gasteiger partial charge in [0.15, 0.2) is 5.13 Å². The summed E-state index contributed by atoms with van der Waals surface area (Å²) in [5, 5.41) is 6.91. The molecule has 0 saturated carbocycles. The summed E-state index contributed by atoms with van der Waals surface area (Å²) in [5.41, 5.74) is 0. The molecule has 1 atom stereocenters. The topological polar surface area (TPSA) is 54.0 Å². The van der Waals surface area contributed by atoms with Gasteiger partial charge in [0.2, 0.25) is 5.91 Å². The predicted octanol–water partition coefficient (Wildman–Crippen LogP) is 2.77. The molecule has 0 radical (unpaired) electrons. The molecule has 1 aliphatic rings. The van der Waals surface area contributed by atoms with Gasteiger partial charge < -0.3 is 10.6 Å². The number of anilines is 1. The lowest BCUT2D eigenvalue weighted by Gasteiger charge is -2.08. The Hall–Kier alpha value is -0.650. The molecule has 1 aromatic heterocycles. The van der Waals surface area contributed by atoms with Crippen molar-refractivity contribution in [1.29, 1.82) is 0 Å². The fourth-order valence-corrected chi connectivity index (χ4v) is 2.77. The van der Waals surface area contributed by atoms with Crippen LogP contribution in [-0.2, 0) is 4.79 Å². The smallest absolute Gasteiger partial charge is 0.227 e. The van der Waals surface area contributed by atoms with Crippen molar-refractivity contribution in [3.63, 3.8) is 0 Å². The number of carbonyl (C=O) groups is 1. The SMILES string of the molecule is CC(C)c1cnc(NC(=O)CC2CCCN2)s1.Cl. The van der Waals surface area contributed by atoms with Gasteiger partial charge in [0.25, 0.3) is 0 Å². The van der Waals surface area contributed by atoms with Gasteiger partial charge in [-0.3, -0.25) is 4.79 Å². The highest BCUT2D eigenvalue weighted by Gasteiger charge is 2.18. The van der Waals surface area contributed by atoms with Crippen molar-refractivity contribution in [1.82, 2.24) is 10.3 Å². The van der Waals surface area contributed by atoms with E-state index < -0.39 is 0 Å². The molecule has 2 rings (SSSR count). The predicted molar refractivity (Wildman–Crippen MR) is 77.7 cm³/mol. The molecule has 4 nitrogen and oxygen atoms in total.